The van der Waals surface area contributed by atoms with Crippen molar-refractivity contribution in [3.63, 3.8) is 0 Å². The number of alkyl carbamates (subject to hydrolysis) is 1. The average molecular weight is 475 g/mol. The number of fused-ring (bicyclic) bond motifs is 3. The molecule has 1 heterocycles. The molecule has 3 atom stereocenters. The van der Waals surface area contributed by atoms with Crippen LogP contribution in [0.25, 0.3) is 11.1 Å². The predicted molar refractivity (Wildman–Crippen MR) is 131 cm³/mol. The number of carbonyl (C=O) groups is 3. The number of allylic oxidation sites excluding steroid dienone is 1. The van der Waals surface area contributed by atoms with Crippen LogP contribution in [0.5, 0.6) is 0 Å². The summed E-state index contributed by atoms with van der Waals surface area (Å²) < 4.78 is 5.65. The Morgan fingerprint density at radius 1 is 1.00 bits per heavy atom. The van der Waals surface area contributed by atoms with Crippen molar-refractivity contribution in [1.82, 2.24) is 10.2 Å². The molecule has 7 heteroatoms. The van der Waals surface area contributed by atoms with Gasteiger partial charge in [-0.05, 0) is 54.4 Å². The Morgan fingerprint density at radius 2 is 1.69 bits per heavy atom. The molecule has 0 bridgehead atoms. The third-order valence-electron chi connectivity index (χ3n) is 7.39. The summed E-state index contributed by atoms with van der Waals surface area (Å²) in [5.74, 6) is -1.45. The minimum absolute atomic E-state index is 0.0172. The topological polar surface area (TPSA) is 95.9 Å². The first-order valence-corrected chi connectivity index (χ1v) is 12.3. The predicted octanol–water partition coefficient (Wildman–Crippen LogP) is 4.33. The largest absolute Gasteiger partial charge is 0.480 e. The molecular formula is C28H30N2O5. The summed E-state index contributed by atoms with van der Waals surface area (Å²) >= 11 is 0. The zero-order valence-electron chi connectivity index (χ0n) is 19.6. The van der Waals surface area contributed by atoms with Crippen LogP contribution >= 0.6 is 0 Å². The van der Waals surface area contributed by atoms with Gasteiger partial charge in [0, 0.05) is 18.4 Å². The second-order valence-corrected chi connectivity index (χ2v) is 9.55. The molecule has 5 rings (SSSR count). The van der Waals surface area contributed by atoms with E-state index in [9.17, 15) is 19.5 Å². The minimum Gasteiger partial charge on any atom is -0.480 e. The summed E-state index contributed by atoms with van der Waals surface area (Å²) in [6, 6.07) is 15.3. The third-order valence-corrected chi connectivity index (χ3v) is 7.39. The quantitative estimate of drug-likeness (QED) is 0.629. The summed E-state index contributed by atoms with van der Waals surface area (Å²) in [5, 5.41) is 12.4. The van der Waals surface area contributed by atoms with E-state index in [0.717, 1.165) is 24.0 Å². The molecule has 2 aromatic rings. The number of nitrogens with one attached hydrogen (secondary N) is 1. The van der Waals surface area contributed by atoms with Crippen LogP contribution < -0.4 is 5.32 Å². The number of hydrogen-bond acceptors (Lipinski definition) is 4. The van der Waals surface area contributed by atoms with Gasteiger partial charge in [0.05, 0.1) is 6.04 Å². The number of carbonyl (C=O) groups excluding carboxylic acids is 2. The number of hydrogen-bond donors (Lipinski definition) is 2. The summed E-state index contributed by atoms with van der Waals surface area (Å²) in [7, 11) is 0. The van der Waals surface area contributed by atoms with E-state index in [2.05, 4.69) is 29.6 Å². The lowest BCUT2D eigenvalue weighted by Crippen LogP contribution is -2.51. The molecule has 3 aliphatic rings. The Balaban J connectivity index is 1.19. The molecular weight excluding hydrogens is 444 g/mol. The smallest absolute Gasteiger partial charge is 0.407 e. The number of carboxylic acids is 1. The van der Waals surface area contributed by atoms with E-state index >= 15 is 0 Å². The van der Waals surface area contributed by atoms with Gasteiger partial charge in [-0.2, -0.15) is 0 Å². The Morgan fingerprint density at radius 3 is 2.37 bits per heavy atom. The van der Waals surface area contributed by atoms with E-state index in [-0.39, 0.29) is 30.4 Å². The Bertz CT molecular complexity index is 1110. The van der Waals surface area contributed by atoms with Gasteiger partial charge in [0.1, 0.15) is 12.6 Å². The van der Waals surface area contributed by atoms with Crippen LogP contribution in [0.2, 0.25) is 0 Å². The van der Waals surface area contributed by atoms with E-state index < -0.39 is 18.1 Å². The summed E-state index contributed by atoms with van der Waals surface area (Å²) in [4.78, 5) is 38.9. The molecule has 2 aliphatic carbocycles. The Labute approximate surface area is 204 Å². The highest BCUT2D eigenvalue weighted by molar-refractivity contribution is 5.85. The van der Waals surface area contributed by atoms with Crippen LogP contribution in [-0.2, 0) is 14.3 Å². The van der Waals surface area contributed by atoms with Crippen molar-refractivity contribution in [3.05, 3.63) is 71.8 Å². The van der Waals surface area contributed by atoms with Crippen LogP contribution in [0.15, 0.2) is 60.7 Å². The van der Waals surface area contributed by atoms with Gasteiger partial charge in [0.15, 0.2) is 0 Å². The van der Waals surface area contributed by atoms with E-state index in [1.54, 1.807) is 0 Å². The maximum atomic E-state index is 13.1. The zero-order chi connectivity index (χ0) is 24.4. The SMILES string of the molecule is O=C(NC1C=CCC(C(=O)N2CCCC[C@H]2C(=O)O)C1)OCC1c2ccccc2-c2ccccc21. The molecule has 2 N–H and O–H groups in total. The first-order valence-electron chi connectivity index (χ1n) is 12.3. The second-order valence-electron chi connectivity index (χ2n) is 9.55. The normalized spacial score (nSPS) is 23.3. The second kappa shape index (κ2) is 9.94. The molecule has 35 heavy (non-hydrogen) atoms. The zero-order valence-corrected chi connectivity index (χ0v) is 19.6. The number of benzene rings is 2. The van der Waals surface area contributed by atoms with Crippen molar-refractivity contribution in [3.8, 4) is 11.1 Å². The van der Waals surface area contributed by atoms with Gasteiger partial charge >= 0.3 is 12.1 Å². The molecule has 0 saturated carbocycles. The maximum Gasteiger partial charge on any atom is 0.407 e. The molecule has 1 saturated heterocycles. The molecule has 2 unspecified atom stereocenters. The number of nitrogens with zero attached hydrogens (tertiary/aromatic N) is 1. The van der Waals surface area contributed by atoms with Gasteiger partial charge in [0.2, 0.25) is 5.91 Å². The van der Waals surface area contributed by atoms with Crippen LogP contribution in [0.3, 0.4) is 0 Å². The number of likely N-dealkylation sites (tertiary alicyclic amines) is 1. The highest BCUT2D eigenvalue weighted by Crippen LogP contribution is 2.44. The first-order chi connectivity index (χ1) is 17.0. The van der Waals surface area contributed by atoms with Crippen LogP contribution in [0.4, 0.5) is 4.79 Å². The van der Waals surface area contributed by atoms with E-state index in [1.165, 1.54) is 16.0 Å². The number of rotatable bonds is 5. The minimum atomic E-state index is -0.947. The lowest BCUT2D eigenvalue weighted by atomic mass is 9.88. The van der Waals surface area contributed by atoms with Crippen molar-refractivity contribution < 1.29 is 24.2 Å². The van der Waals surface area contributed by atoms with Crippen LogP contribution in [-0.4, -0.2) is 53.2 Å². The van der Waals surface area contributed by atoms with Crippen LogP contribution in [0.1, 0.15) is 49.1 Å². The molecule has 1 fully saturated rings. The molecule has 182 valence electrons. The molecule has 2 aromatic carbocycles. The number of aliphatic carboxylic acids is 1. The van der Waals surface area contributed by atoms with E-state index in [0.29, 0.717) is 25.8 Å². The highest BCUT2D eigenvalue weighted by Gasteiger charge is 2.37. The van der Waals surface area contributed by atoms with Gasteiger partial charge in [-0.25, -0.2) is 9.59 Å². The molecule has 0 radical (unpaired) electrons. The lowest BCUT2D eigenvalue weighted by Gasteiger charge is -2.36. The van der Waals surface area contributed by atoms with E-state index in [4.69, 9.17) is 4.74 Å². The maximum absolute atomic E-state index is 13.1. The molecule has 2 amide bonds. The molecule has 0 spiro atoms. The number of piperidine rings is 1. The fourth-order valence-electron chi connectivity index (χ4n) is 5.68. The molecule has 0 aromatic heterocycles. The van der Waals surface area contributed by atoms with Gasteiger partial charge in [-0.15, -0.1) is 0 Å². The molecule has 1 aliphatic heterocycles. The van der Waals surface area contributed by atoms with Crippen molar-refractivity contribution in [2.45, 2.75) is 50.1 Å². The number of ether oxygens (including phenoxy) is 1. The number of amides is 2. The van der Waals surface area contributed by atoms with Crippen molar-refractivity contribution >= 4 is 18.0 Å². The van der Waals surface area contributed by atoms with Crippen molar-refractivity contribution in [1.29, 1.82) is 0 Å². The Kier molecular flexibility index (Phi) is 6.57. The Hall–Kier alpha value is -3.61. The third kappa shape index (κ3) is 4.67. The van der Waals surface area contributed by atoms with Gasteiger partial charge < -0.3 is 20.1 Å². The standard InChI is InChI=1S/C28H30N2O5/c31-26(30-15-6-5-14-25(30)27(32)33)18-8-7-9-19(16-18)29-28(34)35-17-24-22-12-3-1-10-20(22)21-11-2-4-13-23(21)24/h1-4,7,9-13,18-19,24-25H,5-6,8,14-17H2,(H,29,34)(H,32,33)/t18?,19?,25-/m0/s1. The first kappa shape index (κ1) is 23.1. The summed E-state index contributed by atoms with van der Waals surface area (Å²) in [6.07, 6.45) is 6.36. The van der Waals surface area contributed by atoms with Crippen molar-refractivity contribution in [2.24, 2.45) is 5.92 Å². The van der Waals surface area contributed by atoms with Gasteiger partial charge in [-0.3, -0.25) is 4.79 Å². The molecule has 7 nitrogen and oxygen atoms in total. The van der Waals surface area contributed by atoms with Crippen LogP contribution in [0, 0.1) is 5.92 Å². The fraction of sp³-hybridized carbons (Fsp3) is 0.393. The van der Waals surface area contributed by atoms with Gasteiger partial charge in [0.25, 0.3) is 0 Å². The summed E-state index contributed by atoms with van der Waals surface area (Å²) in [5.41, 5.74) is 4.65. The monoisotopic (exact) mass is 474 g/mol. The summed E-state index contributed by atoms with van der Waals surface area (Å²) in [6.45, 7) is 0.702. The fourth-order valence-corrected chi connectivity index (χ4v) is 5.68. The van der Waals surface area contributed by atoms with E-state index in [1.807, 2.05) is 36.4 Å². The highest BCUT2D eigenvalue weighted by atomic mass is 16.5. The van der Waals surface area contributed by atoms with Crippen molar-refractivity contribution in [2.75, 3.05) is 13.2 Å². The number of carboxylic acid groups (broad SMARTS) is 1. The lowest BCUT2D eigenvalue weighted by molar-refractivity contribution is -0.154. The average Bonchev–Trinajstić information content (AvgIpc) is 3.21. The van der Waals surface area contributed by atoms with Gasteiger partial charge in [-0.1, -0.05) is 60.7 Å².